The van der Waals surface area contributed by atoms with E-state index in [1.807, 2.05) is 42.5 Å². The van der Waals surface area contributed by atoms with Gasteiger partial charge in [0.1, 0.15) is 6.61 Å². The predicted molar refractivity (Wildman–Crippen MR) is 127 cm³/mol. The summed E-state index contributed by atoms with van der Waals surface area (Å²) in [6, 6.07) is 15.5. The Balaban J connectivity index is 1.67. The number of hydrogen-bond donors (Lipinski definition) is 2. The van der Waals surface area contributed by atoms with E-state index < -0.39 is 0 Å². The van der Waals surface area contributed by atoms with Gasteiger partial charge in [-0.25, -0.2) is 0 Å². The van der Waals surface area contributed by atoms with Crippen molar-refractivity contribution >= 4 is 61.9 Å². The minimum Gasteiger partial charge on any atom is -0.375 e. The van der Waals surface area contributed by atoms with Crippen molar-refractivity contribution < 1.29 is 9.53 Å². The van der Waals surface area contributed by atoms with E-state index in [2.05, 4.69) is 47.9 Å². The molecular weight excluding hydrogens is 484 g/mol. The number of halogens is 1. The van der Waals surface area contributed by atoms with E-state index >= 15 is 0 Å². The number of carbonyl (C=O) groups is 1. The van der Waals surface area contributed by atoms with Crippen LogP contribution in [0.25, 0.3) is 0 Å². The Kier molecular flexibility index (Phi) is 6.43. The van der Waals surface area contributed by atoms with Gasteiger partial charge in [0.2, 0.25) is 5.91 Å². The Morgan fingerprint density at radius 3 is 2.77 bits per heavy atom. The van der Waals surface area contributed by atoms with Gasteiger partial charge in [-0.2, -0.15) is 0 Å². The van der Waals surface area contributed by atoms with Crippen molar-refractivity contribution in [3.05, 3.63) is 75.2 Å². The smallest absolute Gasteiger partial charge is 0.250 e. The number of carbonyl (C=O) groups excluding carboxylic acids is 1. The van der Waals surface area contributed by atoms with E-state index in [9.17, 15) is 4.79 Å². The molecule has 0 radical (unpaired) electrons. The van der Waals surface area contributed by atoms with E-state index in [0.29, 0.717) is 10.8 Å². The number of hydrogen-bond acceptors (Lipinski definition) is 5. The number of nitrogens with one attached hydrogen (secondary N) is 2. The lowest BCUT2D eigenvalue weighted by Gasteiger charge is -2.27. The van der Waals surface area contributed by atoms with Gasteiger partial charge in [-0.05, 0) is 70.6 Å². The second kappa shape index (κ2) is 9.22. The summed E-state index contributed by atoms with van der Waals surface area (Å²) in [5, 5.41) is 8.95. The summed E-state index contributed by atoms with van der Waals surface area (Å²) < 4.78 is 5.90. The molecule has 0 spiro atoms. The number of aromatic nitrogens is 1. The van der Waals surface area contributed by atoms with Gasteiger partial charge < -0.3 is 20.3 Å². The van der Waals surface area contributed by atoms with Crippen molar-refractivity contribution in [2.75, 3.05) is 23.9 Å². The van der Waals surface area contributed by atoms with E-state index in [-0.39, 0.29) is 24.6 Å². The minimum atomic E-state index is -0.194. The Hall–Kier alpha value is -2.33. The Morgan fingerprint density at radius 1 is 1.33 bits per heavy atom. The summed E-state index contributed by atoms with van der Waals surface area (Å²) >= 11 is 11.0. The van der Waals surface area contributed by atoms with Crippen LogP contribution in [0.4, 0.5) is 11.4 Å². The molecule has 1 amide bonds. The number of pyridine rings is 1. The van der Waals surface area contributed by atoms with Crippen molar-refractivity contribution in [1.82, 2.24) is 10.3 Å². The van der Waals surface area contributed by atoms with Crippen LogP contribution in [0.1, 0.15) is 22.7 Å². The van der Waals surface area contributed by atoms with Crippen LogP contribution in [0.3, 0.4) is 0 Å². The van der Waals surface area contributed by atoms with Crippen LogP contribution in [0.5, 0.6) is 0 Å². The molecule has 0 saturated carbocycles. The molecule has 0 bridgehead atoms. The monoisotopic (exact) mass is 502 g/mol. The van der Waals surface area contributed by atoms with Crippen LogP contribution >= 0.6 is 39.5 Å². The molecule has 1 aliphatic heterocycles. The van der Waals surface area contributed by atoms with E-state index in [0.717, 1.165) is 15.9 Å². The van der Waals surface area contributed by atoms with Crippen LogP contribution in [0.15, 0.2) is 64.6 Å². The fourth-order valence-corrected chi connectivity index (χ4v) is 5.36. The molecule has 6 nitrogen and oxygen atoms in total. The van der Waals surface area contributed by atoms with Crippen LogP contribution in [0.2, 0.25) is 0 Å². The highest BCUT2D eigenvalue weighted by Crippen LogP contribution is 2.44. The SMILES string of the molecule is COCC(=O)Nc1ccc(N2C(=S)NC(c3ccccn3)C2c2cc(Br)cs2)cc1. The third kappa shape index (κ3) is 4.39. The summed E-state index contributed by atoms with van der Waals surface area (Å²) in [4.78, 5) is 19.6. The van der Waals surface area contributed by atoms with E-state index in [1.54, 1.807) is 17.5 Å². The highest BCUT2D eigenvalue weighted by Gasteiger charge is 2.41. The number of amides is 1. The fourth-order valence-electron chi connectivity index (χ4n) is 3.44. The first-order chi connectivity index (χ1) is 14.6. The average Bonchev–Trinajstić information content (AvgIpc) is 3.32. The maximum Gasteiger partial charge on any atom is 0.250 e. The summed E-state index contributed by atoms with van der Waals surface area (Å²) in [5.41, 5.74) is 2.57. The standard InChI is InChI=1S/C21H19BrN4O2S2/c1-28-11-18(27)24-14-5-7-15(8-6-14)26-20(17-10-13(22)12-30-17)19(25-21(26)29)16-4-2-3-9-23-16/h2-10,12,19-20H,11H2,1H3,(H,24,27)(H,25,29). The number of thiocarbonyl (C=S) groups is 1. The average molecular weight is 503 g/mol. The zero-order chi connectivity index (χ0) is 21.1. The molecule has 2 aromatic heterocycles. The van der Waals surface area contributed by atoms with E-state index in [4.69, 9.17) is 17.0 Å². The van der Waals surface area contributed by atoms with Crippen LogP contribution in [-0.2, 0) is 9.53 Å². The Bertz CT molecular complexity index is 1040. The molecule has 2 atom stereocenters. The summed E-state index contributed by atoms with van der Waals surface area (Å²) in [6.07, 6.45) is 1.79. The summed E-state index contributed by atoms with van der Waals surface area (Å²) in [6.45, 7) is 0.0168. The second-order valence-corrected chi connectivity index (χ2v) is 8.94. The lowest BCUT2D eigenvalue weighted by molar-refractivity contribution is -0.119. The summed E-state index contributed by atoms with van der Waals surface area (Å²) in [7, 11) is 1.49. The van der Waals surface area contributed by atoms with Gasteiger partial charge in [0.05, 0.1) is 17.8 Å². The number of methoxy groups -OCH3 is 1. The second-order valence-electron chi connectivity index (χ2n) is 6.69. The van der Waals surface area contributed by atoms with Crippen molar-refractivity contribution in [2.45, 2.75) is 12.1 Å². The first-order valence-corrected chi connectivity index (χ1v) is 11.3. The topological polar surface area (TPSA) is 66.5 Å². The predicted octanol–water partition coefficient (Wildman–Crippen LogP) is 4.67. The first kappa shape index (κ1) is 20.9. The zero-order valence-corrected chi connectivity index (χ0v) is 19.3. The van der Waals surface area contributed by atoms with Gasteiger partial charge in [0, 0.05) is 39.4 Å². The van der Waals surface area contributed by atoms with Crippen LogP contribution in [0, 0.1) is 0 Å². The lowest BCUT2D eigenvalue weighted by atomic mass is 10.0. The maximum atomic E-state index is 11.8. The van der Waals surface area contributed by atoms with Crippen molar-refractivity contribution in [3.8, 4) is 0 Å². The molecule has 1 saturated heterocycles. The maximum absolute atomic E-state index is 11.8. The number of thiophene rings is 1. The Labute approximate surface area is 192 Å². The molecular formula is C21H19BrN4O2S2. The van der Waals surface area contributed by atoms with Gasteiger partial charge in [0.25, 0.3) is 0 Å². The largest absolute Gasteiger partial charge is 0.375 e. The Morgan fingerprint density at radius 2 is 2.13 bits per heavy atom. The van der Waals surface area contributed by atoms with Gasteiger partial charge in [0.15, 0.2) is 5.11 Å². The van der Waals surface area contributed by atoms with Gasteiger partial charge >= 0.3 is 0 Å². The molecule has 2 N–H and O–H groups in total. The molecule has 3 aromatic rings. The third-order valence-electron chi connectivity index (χ3n) is 4.68. The highest BCUT2D eigenvalue weighted by molar-refractivity contribution is 9.10. The molecule has 1 aromatic carbocycles. The number of rotatable bonds is 6. The van der Waals surface area contributed by atoms with Crippen molar-refractivity contribution in [3.63, 3.8) is 0 Å². The van der Waals surface area contributed by atoms with Crippen molar-refractivity contribution in [1.29, 1.82) is 0 Å². The lowest BCUT2D eigenvalue weighted by Crippen LogP contribution is -2.29. The first-order valence-electron chi connectivity index (χ1n) is 9.20. The molecule has 0 aliphatic carbocycles. The van der Waals surface area contributed by atoms with Gasteiger partial charge in [-0.15, -0.1) is 11.3 Å². The number of benzene rings is 1. The summed E-state index contributed by atoms with van der Waals surface area (Å²) in [5.74, 6) is -0.194. The minimum absolute atomic E-state index is 0.0168. The molecule has 154 valence electrons. The number of anilines is 2. The zero-order valence-electron chi connectivity index (χ0n) is 16.0. The molecule has 1 fully saturated rings. The molecule has 30 heavy (non-hydrogen) atoms. The van der Waals surface area contributed by atoms with Crippen molar-refractivity contribution in [2.24, 2.45) is 0 Å². The fraction of sp³-hybridized carbons (Fsp3) is 0.190. The molecule has 4 rings (SSSR count). The normalized spacial score (nSPS) is 18.3. The molecule has 1 aliphatic rings. The molecule has 3 heterocycles. The third-order valence-corrected chi connectivity index (χ3v) is 6.76. The highest BCUT2D eigenvalue weighted by atomic mass is 79.9. The number of ether oxygens (including phenoxy) is 1. The van der Waals surface area contributed by atoms with E-state index in [1.165, 1.54) is 12.0 Å². The number of nitrogens with zero attached hydrogens (tertiary/aromatic N) is 2. The quantitative estimate of drug-likeness (QED) is 0.477. The molecule has 2 unspecified atom stereocenters. The van der Waals surface area contributed by atoms with Gasteiger partial charge in [-0.1, -0.05) is 6.07 Å². The molecule has 9 heteroatoms. The van der Waals surface area contributed by atoms with Crippen LogP contribution < -0.4 is 15.5 Å². The van der Waals surface area contributed by atoms with Crippen LogP contribution in [-0.4, -0.2) is 29.7 Å². The van der Waals surface area contributed by atoms with Gasteiger partial charge in [-0.3, -0.25) is 9.78 Å².